The second kappa shape index (κ2) is 6.53. The van der Waals surface area contributed by atoms with Crippen LogP contribution in [0, 0.1) is 0 Å². The molecule has 1 N–H and O–H groups in total. The zero-order valence-electron chi connectivity index (χ0n) is 14.0. The third-order valence-electron chi connectivity index (χ3n) is 4.66. The Kier molecular flexibility index (Phi) is 4.39. The maximum atomic E-state index is 13.1. The number of aromatic nitrogens is 2. The maximum Gasteiger partial charge on any atom is 0.416 e. The fourth-order valence-electron chi connectivity index (χ4n) is 3.43. The van der Waals surface area contributed by atoms with Gasteiger partial charge in [-0.1, -0.05) is 29.3 Å². The van der Waals surface area contributed by atoms with Crippen molar-refractivity contribution in [1.82, 2.24) is 9.78 Å². The average Bonchev–Trinajstić information content (AvgIpc) is 3.00. The van der Waals surface area contributed by atoms with Crippen LogP contribution in [0.25, 0.3) is 16.9 Å². The molecule has 4 rings (SSSR count). The van der Waals surface area contributed by atoms with Gasteiger partial charge in [-0.25, -0.2) is 9.48 Å². The van der Waals surface area contributed by atoms with Gasteiger partial charge >= 0.3 is 12.1 Å². The van der Waals surface area contributed by atoms with Crippen molar-refractivity contribution in [2.75, 3.05) is 0 Å². The highest BCUT2D eigenvalue weighted by Gasteiger charge is 2.34. The molecule has 3 aromatic rings. The number of carbonyl (C=O) groups is 1. The predicted octanol–water partition coefficient (Wildman–Crippen LogP) is 5.66. The lowest BCUT2D eigenvalue weighted by atomic mass is 9.87. The summed E-state index contributed by atoms with van der Waals surface area (Å²) in [6, 6.07) is 8.08. The summed E-state index contributed by atoms with van der Waals surface area (Å²) < 4.78 is 40.6. The van der Waals surface area contributed by atoms with E-state index in [9.17, 15) is 23.1 Å². The normalized spacial score (nSPS) is 13.2. The number of aromatic carboxylic acids is 1. The molecule has 1 aliphatic carbocycles. The number of benzene rings is 2. The molecule has 4 nitrogen and oxygen atoms in total. The molecule has 0 unspecified atom stereocenters. The third kappa shape index (κ3) is 3.04. The molecule has 0 fully saturated rings. The molecule has 0 bridgehead atoms. The van der Waals surface area contributed by atoms with Crippen LogP contribution >= 0.6 is 23.2 Å². The van der Waals surface area contributed by atoms with Crippen LogP contribution in [0.3, 0.4) is 0 Å². The number of carboxylic acid groups (broad SMARTS) is 1. The summed E-state index contributed by atoms with van der Waals surface area (Å²) in [5.41, 5.74) is 1.37. The molecular formula is C19H11Cl2F3N2O2. The lowest BCUT2D eigenvalue weighted by molar-refractivity contribution is -0.137. The molecule has 1 heterocycles. The van der Waals surface area contributed by atoms with Crippen LogP contribution in [0.4, 0.5) is 13.2 Å². The fourth-order valence-corrected chi connectivity index (χ4v) is 3.92. The van der Waals surface area contributed by atoms with E-state index in [2.05, 4.69) is 5.10 Å². The summed E-state index contributed by atoms with van der Waals surface area (Å²) in [7, 11) is 0. The van der Waals surface area contributed by atoms with Crippen LogP contribution < -0.4 is 0 Å². The van der Waals surface area contributed by atoms with E-state index in [4.69, 9.17) is 23.2 Å². The van der Waals surface area contributed by atoms with Crippen LogP contribution in [-0.4, -0.2) is 20.9 Å². The fraction of sp³-hybridized carbons (Fsp3) is 0.158. The van der Waals surface area contributed by atoms with Crippen molar-refractivity contribution in [2.24, 2.45) is 0 Å². The summed E-state index contributed by atoms with van der Waals surface area (Å²) in [6.45, 7) is 0. The molecule has 28 heavy (non-hydrogen) atoms. The smallest absolute Gasteiger partial charge is 0.416 e. The Balaban J connectivity index is 1.98. The van der Waals surface area contributed by atoms with Crippen LogP contribution in [0.15, 0.2) is 36.4 Å². The molecule has 0 amide bonds. The van der Waals surface area contributed by atoms with Crippen LogP contribution in [0.2, 0.25) is 10.0 Å². The monoisotopic (exact) mass is 426 g/mol. The summed E-state index contributed by atoms with van der Waals surface area (Å²) in [5.74, 6) is -1.21. The highest BCUT2D eigenvalue weighted by Crippen LogP contribution is 2.41. The van der Waals surface area contributed by atoms with Gasteiger partial charge in [-0.2, -0.15) is 18.3 Å². The number of fused-ring (bicyclic) bond motifs is 3. The van der Waals surface area contributed by atoms with Crippen molar-refractivity contribution in [1.29, 1.82) is 0 Å². The second-order valence-electron chi connectivity index (χ2n) is 6.36. The predicted molar refractivity (Wildman–Crippen MR) is 98.4 cm³/mol. The zero-order chi connectivity index (χ0) is 20.2. The van der Waals surface area contributed by atoms with Gasteiger partial charge in [0.05, 0.1) is 22.0 Å². The zero-order valence-corrected chi connectivity index (χ0v) is 15.5. The van der Waals surface area contributed by atoms with E-state index in [0.717, 1.165) is 12.1 Å². The van der Waals surface area contributed by atoms with Gasteiger partial charge in [0.1, 0.15) is 0 Å². The Morgan fingerprint density at radius 3 is 2.50 bits per heavy atom. The minimum atomic E-state index is -4.46. The Morgan fingerprint density at radius 1 is 1.11 bits per heavy atom. The highest BCUT2D eigenvalue weighted by molar-refractivity contribution is 6.35. The van der Waals surface area contributed by atoms with Gasteiger partial charge in [0.15, 0.2) is 5.69 Å². The summed E-state index contributed by atoms with van der Waals surface area (Å²) in [6.07, 6.45) is -3.91. The van der Waals surface area contributed by atoms with E-state index in [1.54, 1.807) is 12.1 Å². The first kappa shape index (κ1) is 18.8. The van der Waals surface area contributed by atoms with Gasteiger partial charge in [-0.05, 0) is 48.7 Å². The topological polar surface area (TPSA) is 55.1 Å². The van der Waals surface area contributed by atoms with E-state index >= 15 is 0 Å². The van der Waals surface area contributed by atoms with E-state index in [1.807, 2.05) is 0 Å². The maximum absolute atomic E-state index is 13.1. The summed E-state index contributed by atoms with van der Waals surface area (Å²) >= 11 is 12.2. The number of hydrogen-bond acceptors (Lipinski definition) is 2. The van der Waals surface area contributed by atoms with Gasteiger partial charge in [-0.3, -0.25) is 0 Å². The number of halogens is 5. The standard InChI is InChI=1S/C19H11Cl2F3N2O2/c20-11-3-6-15(14(21)8-11)26-17-12-5-2-10(19(22,23)24)7-9(12)1-4-13(17)16(25-26)18(27)28/h2-3,5-8H,1,4H2,(H,27,28). The van der Waals surface area contributed by atoms with Crippen molar-refractivity contribution in [2.45, 2.75) is 19.0 Å². The van der Waals surface area contributed by atoms with E-state index in [-0.39, 0.29) is 23.6 Å². The number of nitrogens with zero attached hydrogens (tertiary/aromatic N) is 2. The van der Waals surface area contributed by atoms with Gasteiger partial charge in [0.25, 0.3) is 0 Å². The minimum Gasteiger partial charge on any atom is -0.476 e. The lowest BCUT2D eigenvalue weighted by Crippen LogP contribution is -2.11. The number of carboxylic acids is 1. The molecule has 0 saturated carbocycles. The average molecular weight is 427 g/mol. The molecule has 0 radical (unpaired) electrons. The number of rotatable bonds is 2. The first-order valence-corrected chi connectivity index (χ1v) is 8.93. The number of alkyl halides is 3. The van der Waals surface area contributed by atoms with Gasteiger partial charge in [-0.15, -0.1) is 0 Å². The molecule has 144 valence electrons. The molecule has 2 aromatic carbocycles. The van der Waals surface area contributed by atoms with Crippen molar-refractivity contribution < 1.29 is 23.1 Å². The first-order valence-electron chi connectivity index (χ1n) is 8.18. The van der Waals surface area contributed by atoms with Gasteiger partial charge in [0, 0.05) is 16.1 Å². The Labute approximate surface area is 167 Å². The van der Waals surface area contributed by atoms with Crippen LogP contribution in [-0.2, 0) is 19.0 Å². The van der Waals surface area contributed by atoms with Gasteiger partial charge < -0.3 is 5.11 Å². The van der Waals surface area contributed by atoms with Crippen molar-refractivity contribution in [3.8, 4) is 16.9 Å². The Hall–Kier alpha value is -2.51. The molecule has 0 aliphatic heterocycles. The third-order valence-corrected chi connectivity index (χ3v) is 5.19. The van der Waals surface area contributed by atoms with Crippen molar-refractivity contribution in [3.05, 3.63) is 68.8 Å². The van der Waals surface area contributed by atoms with E-state index < -0.39 is 17.7 Å². The molecule has 1 aliphatic rings. The quantitative estimate of drug-likeness (QED) is 0.574. The first-order chi connectivity index (χ1) is 13.2. The Morgan fingerprint density at radius 2 is 1.86 bits per heavy atom. The molecule has 0 spiro atoms. The highest BCUT2D eigenvalue weighted by atomic mass is 35.5. The summed E-state index contributed by atoms with van der Waals surface area (Å²) in [4.78, 5) is 11.7. The molecular weight excluding hydrogens is 416 g/mol. The molecule has 0 atom stereocenters. The largest absolute Gasteiger partial charge is 0.476 e. The lowest BCUT2D eigenvalue weighted by Gasteiger charge is -2.20. The van der Waals surface area contributed by atoms with E-state index in [1.165, 1.54) is 16.8 Å². The molecule has 0 saturated heterocycles. The van der Waals surface area contributed by atoms with Crippen LogP contribution in [0.5, 0.6) is 0 Å². The minimum absolute atomic E-state index is 0.147. The summed E-state index contributed by atoms with van der Waals surface area (Å²) in [5, 5.41) is 14.4. The number of aryl methyl sites for hydroxylation is 1. The van der Waals surface area contributed by atoms with Crippen LogP contribution in [0.1, 0.15) is 27.2 Å². The van der Waals surface area contributed by atoms with Crippen molar-refractivity contribution >= 4 is 29.2 Å². The van der Waals surface area contributed by atoms with Gasteiger partial charge in [0.2, 0.25) is 0 Å². The number of hydrogen-bond donors (Lipinski definition) is 1. The SMILES string of the molecule is O=C(O)c1nn(-c2ccc(Cl)cc2Cl)c2c1CCc1cc(C(F)(F)F)ccc1-2. The molecule has 9 heteroatoms. The Bertz CT molecular complexity index is 1120. The molecule has 1 aromatic heterocycles. The second-order valence-corrected chi connectivity index (χ2v) is 7.20. The van der Waals surface area contributed by atoms with Crippen molar-refractivity contribution in [3.63, 3.8) is 0 Å². The van der Waals surface area contributed by atoms with E-state index in [0.29, 0.717) is 33.1 Å².